The number of carbonyl (C=O) groups is 1. The first-order chi connectivity index (χ1) is 4.18. The molecule has 1 unspecified atom stereocenters. The molecule has 1 atom stereocenters. The lowest BCUT2D eigenvalue weighted by atomic mass is 10.3. The Kier molecular flexibility index (Phi) is 1.35. The van der Waals surface area contributed by atoms with Crippen molar-refractivity contribution in [1.29, 1.82) is 0 Å². The maximum absolute atomic E-state index is 10.5. The van der Waals surface area contributed by atoms with E-state index in [-0.39, 0.29) is 12.3 Å². The number of aliphatic imine (C=N–C) groups is 1. The molecule has 0 radical (unpaired) electrons. The third kappa shape index (κ3) is 1.39. The Labute approximate surface area is 52.1 Å². The van der Waals surface area contributed by atoms with Gasteiger partial charge in [-0.3, -0.25) is 10.5 Å². The van der Waals surface area contributed by atoms with Gasteiger partial charge >= 0.3 is 0 Å². The van der Waals surface area contributed by atoms with Gasteiger partial charge in [0.05, 0.1) is 6.42 Å². The van der Waals surface area contributed by atoms with Crippen LogP contribution in [-0.4, -0.2) is 18.0 Å². The molecule has 1 aliphatic heterocycles. The smallest absolute Gasteiger partial charge is 0.230 e. The number of rotatable bonds is 0. The number of hydrogen-bond donors (Lipinski definition) is 3. The van der Waals surface area contributed by atoms with Gasteiger partial charge in [0.25, 0.3) is 0 Å². The first-order valence-electron chi connectivity index (χ1n) is 2.55. The molecule has 0 aromatic rings. The van der Waals surface area contributed by atoms with Crippen molar-refractivity contribution in [2.75, 3.05) is 0 Å². The molecule has 5 heteroatoms. The van der Waals surface area contributed by atoms with Crippen LogP contribution in [-0.2, 0) is 4.79 Å². The second-order valence-electron chi connectivity index (χ2n) is 1.81. The Bertz CT molecular complexity index is 164. The molecule has 9 heavy (non-hydrogen) atoms. The molecule has 50 valence electrons. The number of hydrogen-bond acceptors (Lipinski definition) is 4. The molecule has 1 amide bonds. The number of carbonyl (C=O) groups excluding carboxylic acids is 1. The van der Waals surface area contributed by atoms with Crippen LogP contribution < -0.4 is 16.8 Å². The van der Waals surface area contributed by atoms with Gasteiger partial charge in [-0.1, -0.05) is 0 Å². The standard InChI is InChI=1S/C4H8N4O/c5-2-1-3(9)8-4(6)7-2/h4H,1,6H2,(H2,5,7)(H,8,9). The minimum atomic E-state index is -0.647. The molecule has 5 N–H and O–H groups in total. The van der Waals surface area contributed by atoms with Crippen molar-refractivity contribution in [3.63, 3.8) is 0 Å². The third-order valence-corrected chi connectivity index (χ3v) is 0.955. The highest BCUT2D eigenvalue weighted by atomic mass is 16.2. The number of amides is 1. The summed E-state index contributed by atoms with van der Waals surface area (Å²) in [6.45, 7) is 0. The molecule has 0 bridgehead atoms. The van der Waals surface area contributed by atoms with Crippen molar-refractivity contribution < 1.29 is 4.79 Å². The van der Waals surface area contributed by atoms with Crippen molar-refractivity contribution >= 4 is 11.7 Å². The maximum Gasteiger partial charge on any atom is 0.230 e. The lowest BCUT2D eigenvalue weighted by molar-refractivity contribution is -0.120. The van der Waals surface area contributed by atoms with E-state index in [9.17, 15) is 4.79 Å². The minimum Gasteiger partial charge on any atom is -0.387 e. The normalized spacial score (nSPS) is 27.0. The predicted octanol–water partition coefficient (Wildman–Crippen LogP) is -1.89. The Morgan fingerprint density at radius 2 is 2.44 bits per heavy atom. The summed E-state index contributed by atoms with van der Waals surface area (Å²) in [5.41, 5.74) is 10.4. The van der Waals surface area contributed by atoms with Crippen LogP contribution in [0.4, 0.5) is 0 Å². The maximum atomic E-state index is 10.5. The average Bonchev–Trinajstić information content (AvgIpc) is 1.59. The van der Waals surface area contributed by atoms with Gasteiger partial charge in [-0.2, -0.15) is 0 Å². The van der Waals surface area contributed by atoms with E-state index in [0.29, 0.717) is 5.84 Å². The summed E-state index contributed by atoms with van der Waals surface area (Å²) in [5.74, 6) is 0.126. The van der Waals surface area contributed by atoms with Gasteiger partial charge in [-0.15, -0.1) is 0 Å². The lowest BCUT2D eigenvalue weighted by Crippen LogP contribution is -2.46. The van der Waals surface area contributed by atoms with E-state index in [4.69, 9.17) is 11.5 Å². The molecule has 0 saturated heterocycles. The van der Waals surface area contributed by atoms with Gasteiger partial charge in [-0.25, -0.2) is 4.99 Å². The van der Waals surface area contributed by atoms with Crippen LogP contribution in [0.3, 0.4) is 0 Å². The Morgan fingerprint density at radius 1 is 1.78 bits per heavy atom. The molecule has 0 spiro atoms. The molecule has 0 aliphatic carbocycles. The number of amidine groups is 1. The molecule has 0 aromatic carbocycles. The molecule has 0 fully saturated rings. The van der Waals surface area contributed by atoms with Crippen LogP contribution in [0, 0.1) is 0 Å². The van der Waals surface area contributed by atoms with E-state index in [1.165, 1.54) is 0 Å². The highest BCUT2D eigenvalue weighted by molar-refractivity contribution is 6.00. The first kappa shape index (κ1) is 6.03. The summed E-state index contributed by atoms with van der Waals surface area (Å²) in [6.07, 6.45) is -0.487. The van der Waals surface area contributed by atoms with Crippen molar-refractivity contribution in [3.8, 4) is 0 Å². The van der Waals surface area contributed by atoms with E-state index in [1.54, 1.807) is 0 Å². The van der Waals surface area contributed by atoms with Gasteiger partial charge in [0.2, 0.25) is 5.91 Å². The zero-order valence-corrected chi connectivity index (χ0v) is 4.79. The zero-order chi connectivity index (χ0) is 6.85. The van der Waals surface area contributed by atoms with Crippen LogP contribution in [0.25, 0.3) is 0 Å². The summed E-state index contributed by atoms with van der Waals surface area (Å²) >= 11 is 0. The summed E-state index contributed by atoms with van der Waals surface area (Å²) in [5, 5.41) is 2.38. The molecule has 1 heterocycles. The van der Waals surface area contributed by atoms with Crippen molar-refractivity contribution in [2.24, 2.45) is 16.5 Å². The second-order valence-corrected chi connectivity index (χ2v) is 1.81. The highest BCUT2D eigenvalue weighted by Crippen LogP contribution is 1.90. The second kappa shape index (κ2) is 2.02. The average molecular weight is 128 g/mol. The number of nitrogens with zero attached hydrogens (tertiary/aromatic N) is 1. The highest BCUT2D eigenvalue weighted by Gasteiger charge is 2.13. The van der Waals surface area contributed by atoms with Crippen LogP contribution in [0.15, 0.2) is 4.99 Å². The van der Waals surface area contributed by atoms with Gasteiger partial charge in [-0.05, 0) is 0 Å². The summed E-state index contributed by atoms with van der Waals surface area (Å²) < 4.78 is 0. The van der Waals surface area contributed by atoms with E-state index in [1.807, 2.05) is 0 Å². The molecule has 1 aliphatic rings. The van der Waals surface area contributed by atoms with Gasteiger partial charge in [0, 0.05) is 0 Å². The van der Waals surface area contributed by atoms with Crippen LogP contribution in [0.1, 0.15) is 6.42 Å². The Balaban J connectivity index is 2.67. The Hall–Kier alpha value is -1.10. The van der Waals surface area contributed by atoms with Gasteiger partial charge in [0.1, 0.15) is 5.84 Å². The molecule has 1 rings (SSSR count). The van der Waals surface area contributed by atoms with E-state index in [0.717, 1.165) is 0 Å². The predicted molar refractivity (Wildman–Crippen MR) is 32.4 cm³/mol. The van der Waals surface area contributed by atoms with Gasteiger partial charge < -0.3 is 11.1 Å². The van der Waals surface area contributed by atoms with E-state index < -0.39 is 6.29 Å². The number of nitrogens with one attached hydrogen (secondary N) is 1. The lowest BCUT2D eigenvalue weighted by Gasteiger charge is -2.14. The SMILES string of the molecule is NC1=NC(N)NC(=O)C1. The fourth-order valence-electron chi connectivity index (χ4n) is 0.637. The molecular weight excluding hydrogens is 120 g/mol. The first-order valence-corrected chi connectivity index (χ1v) is 2.55. The summed E-state index contributed by atoms with van der Waals surface area (Å²) in [7, 11) is 0. The fourth-order valence-corrected chi connectivity index (χ4v) is 0.637. The van der Waals surface area contributed by atoms with Crippen molar-refractivity contribution in [2.45, 2.75) is 12.7 Å². The fraction of sp³-hybridized carbons (Fsp3) is 0.500. The molecular formula is C4H8N4O. The monoisotopic (exact) mass is 128 g/mol. The Morgan fingerprint density at radius 3 is 2.89 bits per heavy atom. The largest absolute Gasteiger partial charge is 0.387 e. The van der Waals surface area contributed by atoms with E-state index >= 15 is 0 Å². The van der Waals surface area contributed by atoms with Crippen molar-refractivity contribution in [1.82, 2.24) is 5.32 Å². The van der Waals surface area contributed by atoms with Crippen LogP contribution in [0.2, 0.25) is 0 Å². The van der Waals surface area contributed by atoms with Gasteiger partial charge in [0.15, 0.2) is 6.29 Å². The quantitative estimate of drug-likeness (QED) is 0.356. The van der Waals surface area contributed by atoms with Crippen LogP contribution >= 0.6 is 0 Å². The summed E-state index contributed by atoms with van der Waals surface area (Å²) in [4.78, 5) is 14.2. The van der Waals surface area contributed by atoms with Crippen LogP contribution in [0.5, 0.6) is 0 Å². The third-order valence-electron chi connectivity index (χ3n) is 0.955. The zero-order valence-electron chi connectivity index (χ0n) is 4.79. The number of nitrogens with two attached hydrogens (primary N) is 2. The topological polar surface area (TPSA) is 93.5 Å². The molecule has 5 nitrogen and oxygen atoms in total. The molecule has 0 aromatic heterocycles. The molecule has 0 saturated carbocycles. The minimum absolute atomic E-state index is 0.160. The van der Waals surface area contributed by atoms with Crippen molar-refractivity contribution in [3.05, 3.63) is 0 Å². The summed E-state index contributed by atoms with van der Waals surface area (Å²) in [6, 6.07) is 0. The van der Waals surface area contributed by atoms with E-state index in [2.05, 4.69) is 10.3 Å².